The molecule has 0 spiro atoms. The molecule has 7 nitrogen and oxygen atoms in total. The van der Waals surface area contributed by atoms with Crippen molar-refractivity contribution in [3.63, 3.8) is 0 Å². The van der Waals surface area contributed by atoms with E-state index in [9.17, 15) is 9.59 Å². The molecule has 0 saturated heterocycles. The van der Waals surface area contributed by atoms with Crippen molar-refractivity contribution >= 4 is 23.3 Å². The molecule has 4 N–H and O–H groups in total. The number of hydrogen-bond acceptors (Lipinski definition) is 5. The summed E-state index contributed by atoms with van der Waals surface area (Å²) in [6.07, 6.45) is 4.85. The van der Waals surface area contributed by atoms with Gasteiger partial charge in [-0.15, -0.1) is 0 Å². The van der Waals surface area contributed by atoms with Gasteiger partial charge in [-0.25, -0.2) is 4.98 Å². The van der Waals surface area contributed by atoms with Crippen molar-refractivity contribution < 1.29 is 9.59 Å². The molecule has 0 bridgehead atoms. The van der Waals surface area contributed by atoms with Crippen molar-refractivity contribution in [1.29, 1.82) is 0 Å². The molecular weight excluding hydrogens is 282 g/mol. The number of carbonyl (C=O) groups excluding carboxylic acids is 2. The van der Waals surface area contributed by atoms with Crippen molar-refractivity contribution in [3.8, 4) is 0 Å². The van der Waals surface area contributed by atoms with Crippen LogP contribution in [0.5, 0.6) is 0 Å². The maximum absolute atomic E-state index is 11.8. The largest absolute Gasteiger partial charge is 0.384 e. The number of aromatic nitrogens is 2. The predicted octanol–water partition coefficient (Wildman–Crippen LogP) is 1.32. The molecule has 114 valence electrons. The first-order chi connectivity index (χ1) is 10.6. The Hall–Kier alpha value is -2.96. The third kappa shape index (κ3) is 4.27. The van der Waals surface area contributed by atoms with Crippen molar-refractivity contribution in [2.75, 3.05) is 17.2 Å². The number of aryl methyl sites for hydroxylation is 1. The van der Waals surface area contributed by atoms with Gasteiger partial charge in [0, 0.05) is 31.6 Å². The monoisotopic (exact) mass is 299 g/mol. The van der Waals surface area contributed by atoms with E-state index in [1.165, 1.54) is 6.20 Å². The molecule has 0 aliphatic heterocycles. The van der Waals surface area contributed by atoms with Crippen LogP contribution in [0.25, 0.3) is 0 Å². The summed E-state index contributed by atoms with van der Waals surface area (Å²) in [5, 5.41) is 5.70. The molecule has 0 unspecified atom stereocenters. The van der Waals surface area contributed by atoms with E-state index in [-0.39, 0.29) is 12.3 Å². The fraction of sp³-hybridized carbons (Fsp3) is 0.200. The molecule has 22 heavy (non-hydrogen) atoms. The Morgan fingerprint density at radius 3 is 2.73 bits per heavy atom. The van der Waals surface area contributed by atoms with Crippen LogP contribution >= 0.6 is 0 Å². The van der Waals surface area contributed by atoms with Crippen LogP contribution in [0.3, 0.4) is 0 Å². The van der Waals surface area contributed by atoms with Crippen molar-refractivity contribution in [2.24, 2.45) is 5.73 Å². The van der Waals surface area contributed by atoms with Crippen LogP contribution in [-0.2, 0) is 4.79 Å². The van der Waals surface area contributed by atoms with Gasteiger partial charge >= 0.3 is 0 Å². The van der Waals surface area contributed by atoms with E-state index in [1.807, 2.05) is 13.0 Å². The van der Waals surface area contributed by atoms with Crippen LogP contribution in [-0.4, -0.2) is 28.3 Å². The van der Waals surface area contributed by atoms with Gasteiger partial charge < -0.3 is 16.4 Å². The molecule has 2 amide bonds. The first-order valence-corrected chi connectivity index (χ1v) is 6.76. The maximum atomic E-state index is 11.8. The number of anilines is 2. The van der Waals surface area contributed by atoms with E-state index in [4.69, 9.17) is 5.73 Å². The molecule has 0 radical (unpaired) electrons. The standard InChI is InChI=1S/C15H17N5O2/c1-10-2-3-13(19-8-10)20-14(21)5-7-18-12-4-6-17-9-11(12)15(16)22/h2-4,6,8-9H,5,7H2,1H3,(H2,16,22)(H,17,18)(H,19,20,21). The first kappa shape index (κ1) is 15.4. The second kappa shape index (κ2) is 7.16. The quantitative estimate of drug-likeness (QED) is 0.745. The average molecular weight is 299 g/mol. The lowest BCUT2D eigenvalue weighted by Gasteiger charge is -2.09. The summed E-state index contributed by atoms with van der Waals surface area (Å²) in [6.45, 7) is 2.29. The number of pyridine rings is 2. The number of nitrogens with two attached hydrogens (primary N) is 1. The van der Waals surface area contributed by atoms with Crippen LogP contribution in [0.15, 0.2) is 36.8 Å². The summed E-state index contributed by atoms with van der Waals surface area (Å²) in [4.78, 5) is 31.0. The van der Waals surface area contributed by atoms with Gasteiger partial charge in [-0.2, -0.15) is 0 Å². The summed E-state index contributed by atoms with van der Waals surface area (Å²) in [5.41, 5.74) is 7.13. The molecule has 7 heteroatoms. The number of amides is 2. The van der Waals surface area contributed by atoms with E-state index in [1.54, 1.807) is 24.5 Å². The number of rotatable bonds is 6. The fourth-order valence-corrected chi connectivity index (χ4v) is 1.80. The molecule has 0 aromatic carbocycles. The minimum atomic E-state index is -0.566. The molecule has 2 rings (SSSR count). The van der Waals surface area contributed by atoms with Crippen molar-refractivity contribution in [2.45, 2.75) is 13.3 Å². The minimum Gasteiger partial charge on any atom is -0.384 e. The Kier molecular flexibility index (Phi) is 5.02. The number of hydrogen-bond donors (Lipinski definition) is 3. The fourth-order valence-electron chi connectivity index (χ4n) is 1.80. The highest BCUT2D eigenvalue weighted by Crippen LogP contribution is 2.12. The molecule has 0 fully saturated rings. The zero-order chi connectivity index (χ0) is 15.9. The molecule has 0 aliphatic rings. The van der Waals surface area contributed by atoms with Crippen LogP contribution in [0, 0.1) is 6.92 Å². The van der Waals surface area contributed by atoms with Gasteiger partial charge in [-0.3, -0.25) is 14.6 Å². The summed E-state index contributed by atoms with van der Waals surface area (Å²) in [7, 11) is 0. The van der Waals surface area contributed by atoms with Crippen LogP contribution in [0.2, 0.25) is 0 Å². The van der Waals surface area contributed by atoms with Gasteiger partial charge in [0.05, 0.1) is 11.3 Å². The first-order valence-electron chi connectivity index (χ1n) is 6.76. The lowest BCUT2D eigenvalue weighted by molar-refractivity contribution is -0.116. The van der Waals surface area contributed by atoms with E-state index in [2.05, 4.69) is 20.6 Å². The molecule has 0 aliphatic carbocycles. The van der Waals surface area contributed by atoms with Gasteiger partial charge in [-0.1, -0.05) is 6.07 Å². The van der Waals surface area contributed by atoms with Gasteiger partial charge in [-0.05, 0) is 24.6 Å². The molecule has 2 aromatic heterocycles. The maximum Gasteiger partial charge on any atom is 0.252 e. The SMILES string of the molecule is Cc1ccc(NC(=O)CCNc2ccncc2C(N)=O)nc1. The van der Waals surface area contributed by atoms with Gasteiger partial charge in [0.15, 0.2) is 0 Å². The Morgan fingerprint density at radius 1 is 1.23 bits per heavy atom. The molecule has 0 atom stereocenters. The van der Waals surface area contributed by atoms with E-state index < -0.39 is 5.91 Å². The summed E-state index contributed by atoms with van der Waals surface area (Å²) >= 11 is 0. The lowest BCUT2D eigenvalue weighted by Crippen LogP contribution is -2.19. The minimum absolute atomic E-state index is 0.168. The van der Waals surface area contributed by atoms with E-state index in [0.717, 1.165) is 5.56 Å². The van der Waals surface area contributed by atoms with Gasteiger partial charge in [0.1, 0.15) is 5.82 Å². The van der Waals surface area contributed by atoms with Crippen LogP contribution in [0.4, 0.5) is 11.5 Å². The highest BCUT2D eigenvalue weighted by Gasteiger charge is 2.08. The third-order valence-electron chi connectivity index (χ3n) is 2.93. The van der Waals surface area contributed by atoms with Gasteiger partial charge in [0.2, 0.25) is 5.91 Å². The second-order valence-electron chi connectivity index (χ2n) is 4.73. The van der Waals surface area contributed by atoms with Crippen LogP contribution < -0.4 is 16.4 Å². The van der Waals surface area contributed by atoms with E-state index in [0.29, 0.717) is 23.6 Å². The Balaban J connectivity index is 1.85. The number of nitrogens with zero attached hydrogens (tertiary/aromatic N) is 2. The second-order valence-corrected chi connectivity index (χ2v) is 4.73. The number of carbonyl (C=O) groups is 2. The Labute approximate surface area is 128 Å². The number of nitrogens with one attached hydrogen (secondary N) is 2. The highest BCUT2D eigenvalue weighted by molar-refractivity contribution is 5.98. The van der Waals surface area contributed by atoms with Crippen LogP contribution in [0.1, 0.15) is 22.3 Å². The zero-order valence-corrected chi connectivity index (χ0v) is 12.2. The summed E-state index contributed by atoms with van der Waals surface area (Å²) in [5.74, 6) is -0.222. The lowest BCUT2D eigenvalue weighted by atomic mass is 10.2. The van der Waals surface area contributed by atoms with Gasteiger partial charge in [0.25, 0.3) is 5.91 Å². The topological polar surface area (TPSA) is 110 Å². The molecular formula is C15H17N5O2. The predicted molar refractivity (Wildman–Crippen MR) is 83.5 cm³/mol. The number of primary amides is 1. The molecule has 2 heterocycles. The van der Waals surface area contributed by atoms with Crippen molar-refractivity contribution in [1.82, 2.24) is 9.97 Å². The molecule has 0 saturated carbocycles. The smallest absolute Gasteiger partial charge is 0.252 e. The molecule has 2 aromatic rings. The average Bonchev–Trinajstić information content (AvgIpc) is 2.50. The third-order valence-corrected chi connectivity index (χ3v) is 2.93. The van der Waals surface area contributed by atoms with Crippen molar-refractivity contribution in [3.05, 3.63) is 47.9 Å². The zero-order valence-electron chi connectivity index (χ0n) is 12.2. The summed E-state index contributed by atoms with van der Waals surface area (Å²) < 4.78 is 0. The van der Waals surface area contributed by atoms with E-state index >= 15 is 0 Å². The Bertz CT molecular complexity index is 670. The summed E-state index contributed by atoms with van der Waals surface area (Å²) in [6, 6.07) is 5.26. The highest BCUT2D eigenvalue weighted by atomic mass is 16.2. The Morgan fingerprint density at radius 2 is 2.05 bits per heavy atom. The normalized spacial score (nSPS) is 10.0.